The van der Waals surface area contributed by atoms with Crippen molar-refractivity contribution in [1.29, 1.82) is 0 Å². The Morgan fingerprint density at radius 3 is 2.74 bits per heavy atom. The summed E-state index contributed by atoms with van der Waals surface area (Å²) < 4.78 is 5.36. The maximum atomic E-state index is 12.2. The van der Waals surface area contributed by atoms with Gasteiger partial charge in [0.1, 0.15) is 6.61 Å². The number of nitrogens with zero attached hydrogens (tertiary/aromatic N) is 3. The Hall–Kier alpha value is -2.40. The van der Waals surface area contributed by atoms with Crippen LogP contribution in [0.3, 0.4) is 0 Å². The first kappa shape index (κ1) is 15.5. The fourth-order valence-corrected chi connectivity index (χ4v) is 2.49. The number of allylic oxidation sites excluding steroid dienone is 1. The number of rotatable bonds is 3. The molecule has 0 saturated heterocycles. The van der Waals surface area contributed by atoms with E-state index in [0.717, 1.165) is 29.7 Å². The van der Waals surface area contributed by atoms with Crippen LogP contribution in [0.1, 0.15) is 24.1 Å². The zero-order valence-electron chi connectivity index (χ0n) is 12.5. The molecule has 0 radical (unpaired) electrons. The van der Waals surface area contributed by atoms with Gasteiger partial charge in [-0.1, -0.05) is 41.9 Å². The predicted molar refractivity (Wildman–Crippen MR) is 87.6 cm³/mol. The van der Waals surface area contributed by atoms with Gasteiger partial charge in [0, 0.05) is 12.7 Å². The van der Waals surface area contributed by atoms with Crippen LogP contribution < -0.4 is 0 Å². The first-order valence-electron chi connectivity index (χ1n) is 7.40. The molecule has 0 atom stereocenters. The molecule has 5 nitrogen and oxygen atoms in total. The van der Waals surface area contributed by atoms with E-state index >= 15 is 0 Å². The molecule has 6 heteroatoms. The average molecular weight is 330 g/mol. The molecule has 2 heterocycles. The van der Waals surface area contributed by atoms with Gasteiger partial charge in [-0.05, 0) is 36.1 Å². The van der Waals surface area contributed by atoms with Crippen LogP contribution in [0.4, 0.5) is 4.79 Å². The Balaban J connectivity index is 1.66. The zero-order valence-corrected chi connectivity index (χ0v) is 13.2. The number of aromatic nitrogens is 2. The Kier molecular flexibility index (Phi) is 4.88. The summed E-state index contributed by atoms with van der Waals surface area (Å²) in [6.45, 7) is 0.901. The summed E-state index contributed by atoms with van der Waals surface area (Å²) >= 11 is 5.75. The molecule has 1 aliphatic heterocycles. The number of halogens is 1. The molecular weight excluding hydrogens is 314 g/mol. The SMILES string of the molecule is O=C(OCc1ccccc1)N1C=C(c2ccc(Cl)nn2)CCC1. The summed E-state index contributed by atoms with van der Waals surface area (Å²) in [5.41, 5.74) is 2.65. The number of carbonyl (C=O) groups is 1. The third kappa shape index (κ3) is 4.07. The molecular formula is C17H16ClN3O2. The number of amides is 1. The maximum Gasteiger partial charge on any atom is 0.414 e. The predicted octanol–water partition coefficient (Wildman–Crippen LogP) is 3.90. The first-order chi connectivity index (χ1) is 11.2. The summed E-state index contributed by atoms with van der Waals surface area (Å²) in [5, 5.41) is 8.25. The van der Waals surface area contributed by atoms with Crippen molar-refractivity contribution in [2.45, 2.75) is 19.4 Å². The minimum atomic E-state index is -0.354. The van der Waals surface area contributed by atoms with Crippen LogP contribution >= 0.6 is 11.6 Å². The van der Waals surface area contributed by atoms with Crippen molar-refractivity contribution >= 4 is 23.3 Å². The van der Waals surface area contributed by atoms with Crippen LogP contribution in [0.5, 0.6) is 0 Å². The maximum absolute atomic E-state index is 12.2. The average Bonchev–Trinajstić information content (AvgIpc) is 2.61. The number of benzene rings is 1. The van der Waals surface area contributed by atoms with E-state index in [0.29, 0.717) is 11.7 Å². The number of carbonyl (C=O) groups excluding carboxylic acids is 1. The third-order valence-electron chi connectivity index (χ3n) is 3.56. The van der Waals surface area contributed by atoms with Gasteiger partial charge >= 0.3 is 6.09 Å². The fourth-order valence-electron chi connectivity index (χ4n) is 2.38. The van der Waals surface area contributed by atoms with E-state index < -0.39 is 0 Å². The van der Waals surface area contributed by atoms with Crippen molar-refractivity contribution in [3.8, 4) is 0 Å². The van der Waals surface area contributed by atoms with Crippen molar-refractivity contribution in [3.05, 3.63) is 65.1 Å². The smallest absolute Gasteiger partial charge is 0.414 e. The van der Waals surface area contributed by atoms with E-state index in [1.807, 2.05) is 30.3 Å². The largest absolute Gasteiger partial charge is 0.444 e. The molecule has 1 aromatic carbocycles. The molecule has 0 unspecified atom stereocenters. The molecule has 118 valence electrons. The molecule has 0 bridgehead atoms. The van der Waals surface area contributed by atoms with Gasteiger partial charge in [-0.3, -0.25) is 4.90 Å². The van der Waals surface area contributed by atoms with Gasteiger partial charge in [0.15, 0.2) is 5.15 Å². The molecule has 1 aromatic heterocycles. The summed E-state index contributed by atoms with van der Waals surface area (Å²) in [6.07, 6.45) is 3.14. The Morgan fingerprint density at radius 1 is 1.17 bits per heavy atom. The highest BCUT2D eigenvalue weighted by molar-refractivity contribution is 6.29. The molecule has 3 rings (SSSR count). The Labute approximate surface area is 139 Å². The Morgan fingerprint density at radius 2 is 2.00 bits per heavy atom. The minimum absolute atomic E-state index is 0.264. The second-order valence-electron chi connectivity index (χ2n) is 5.23. The van der Waals surface area contributed by atoms with Gasteiger partial charge in [-0.25, -0.2) is 4.79 Å². The molecule has 1 aliphatic rings. The summed E-state index contributed by atoms with van der Waals surface area (Å²) in [4.78, 5) is 13.8. The van der Waals surface area contributed by atoms with Crippen molar-refractivity contribution in [2.75, 3.05) is 6.54 Å². The Bertz CT molecular complexity index is 702. The lowest BCUT2D eigenvalue weighted by Gasteiger charge is -2.24. The van der Waals surface area contributed by atoms with Crippen LogP contribution in [-0.4, -0.2) is 27.7 Å². The van der Waals surface area contributed by atoms with Gasteiger partial charge in [0.2, 0.25) is 0 Å². The van der Waals surface area contributed by atoms with E-state index in [4.69, 9.17) is 16.3 Å². The van der Waals surface area contributed by atoms with Crippen molar-refractivity contribution < 1.29 is 9.53 Å². The fraction of sp³-hybridized carbons (Fsp3) is 0.235. The topological polar surface area (TPSA) is 55.3 Å². The van der Waals surface area contributed by atoms with Crippen LogP contribution in [0.15, 0.2) is 48.7 Å². The molecule has 1 amide bonds. The van der Waals surface area contributed by atoms with Crippen molar-refractivity contribution in [1.82, 2.24) is 15.1 Å². The second-order valence-corrected chi connectivity index (χ2v) is 5.62. The number of hydrogen-bond acceptors (Lipinski definition) is 4. The lowest BCUT2D eigenvalue weighted by molar-refractivity contribution is 0.109. The van der Waals surface area contributed by atoms with Crippen LogP contribution in [0.2, 0.25) is 5.15 Å². The lowest BCUT2D eigenvalue weighted by Crippen LogP contribution is -2.30. The first-order valence-corrected chi connectivity index (χ1v) is 7.78. The summed E-state index contributed by atoms with van der Waals surface area (Å²) in [7, 11) is 0. The normalized spacial score (nSPS) is 14.3. The molecule has 0 aliphatic carbocycles. The summed E-state index contributed by atoms with van der Waals surface area (Å²) in [6, 6.07) is 13.1. The number of ether oxygens (including phenoxy) is 1. The standard InChI is InChI=1S/C17H16ClN3O2/c18-16-9-8-15(19-20-16)14-7-4-10-21(11-14)17(22)23-12-13-5-2-1-3-6-13/h1-3,5-6,8-9,11H,4,7,10,12H2. The molecule has 0 spiro atoms. The van der Waals surface area contributed by atoms with E-state index in [2.05, 4.69) is 10.2 Å². The minimum Gasteiger partial charge on any atom is -0.444 e. The highest BCUT2D eigenvalue weighted by Gasteiger charge is 2.19. The van der Waals surface area contributed by atoms with Crippen molar-refractivity contribution in [3.63, 3.8) is 0 Å². The van der Waals surface area contributed by atoms with Crippen molar-refractivity contribution in [2.24, 2.45) is 0 Å². The van der Waals surface area contributed by atoms with Crippen LogP contribution in [0.25, 0.3) is 5.57 Å². The van der Waals surface area contributed by atoms with Crippen LogP contribution in [-0.2, 0) is 11.3 Å². The molecule has 0 fully saturated rings. The second kappa shape index (κ2) is 7.24. The quantitative estimate of drug-likeness (QED) is 0.856. The third-order valence-corrected chi connectivity index (χ3v) is 3.76. The van der Waals surface area contributed by atoms with Gasteiger partial charge in [0.25, 0.3) is 0 Å². The van der Waals surface area contributed by atoms with Gasteiger partial charge in [0.05, 0.1) is 5.69 Å². The molecule has 0 N–H and O–H groups in total. The highest BCUT2D eigenvalue weighted by atomic mass is 35.5. The van der Waals surface area contributed by atoms with Gasteiger partial charge < -0.3 is 4.74 Å². The van der Waals surface area contributed by atoms with Crippen LogP contribution in [0, 0.1) is 0 Å². The zero-order chi connectivity index (χ0) is 16.1. The number of hydrogen-bond donors (Lipinski definition) is 0. The molecule has 2 aromatic rings. The van der Waals surface area contributed by atoms with E-state index in [9.17, 15) is 4.79 Å². The van der Waals surface area contributed by atoms with Gasteiger partial charge in [-0.2, -0.15) is 0 Å². The monoisotopic (exact) mass is 329 g/mol. The van der Waals surface area contributed by atoms with Gasteiger partial charge in [-0.15, -0.1) is 10.2 Å². The summed E-state index contributed by atoms with van der Waals surface area (Å²) in [5.74, 6) is 0. The molecule has 23 heavy (non-hydrogen) atoms. The van der Waals surface area contributed by atoms with E-state index in [1.165, 1.54) is 0 Å². The lowest BCUT2D eigenvalue weighted by atomic mass is 10.0. The van der Waals surface area contributed by atoms with E-state index in [-0.39, 0.29) is 12.7 Å². The molecule has 0 saturated carbocycles. The highest BCUT2D eigenvalue weighted by Crippen LogP contribution is 2.24. The van der Waals surface area contributed by atoms with E-state index in [1.54, 1.807) is 23.2 Å².